The van der Waals surface area contributed by atoms with Crippen molar-refractivity contribution in [3.8, 4) is 0 Å². The summed E-state index contributed by atoms with van der Waals surface area (Å²) in [5.74, 6) is -0.491. The smallest absolute Gasteiger partial charge is 0.359 e. The predicted octanol–water partition coefficient (Wildman–Crippen LogP) is 1.27. The summed E-state index contributed by atoms with van der Waals surface area (Å²) in [6.45, 7) is 3.23. The first kappa shape index (κ1) is 17.5. The molecule has 2 aromatic rings. The van der Waals surface area contributed by atoms with E-state index >= 15 is 0 Å². The molecule has 0 saturated heterocycles. The summed E-state index contributed by atoms with van der Waals surface area (Å²) in [6.07, 6.45) is 0.398. The van der Waals surface area contributed by atoms with E-state index in [-0.39, 0.29) is 18.2 Å². The molecule has 2 aliphatic rings. The summed E-state index contributed by atoms with van der Waals surface area (Å²) in [5, 5.41) is 17.6. The van der Waals surface area contributed by atoms with Gasteiger partial charge in [-0.3, -0.25) is 9.89 Å². The van der Waals surface area contributed by atoms with Crippen LogP contribution in [0.3, 0.4) is 0 Å². The number of ether oxygens (including phenoxy) is 1. The fraction of sp³-hybridized carbons (Fsp3) is 0.421. The number of H-pyrrole nitrogens is 1. The maximum absolute atomic E-state index is 12.4. The number of aliphatic hydroxyl groups excluding tert-OH is 1. The number of nitrogens with zero attached hydrogens (tertiary/aromatic N) is 3. The number of anilines is 1. The van der Waals surface area contributed by atoms with Crippen molar-refractivity contribution >= 4 is 17.6 Å². The highest BCUT2D eigenvalue weighted by atomic mass is 16.5. The average molecular weight is 370 g/mol. The predicted molar refractivity (Wildman–Crippen MR) is 97.7 cm³/mol. The van der Waals surface area contributed by atoms with Gasteiger partial charge in [-0.05, 0) is 37.5 Å². The molecule has 2 aliphatic heterocycles. The summed E-state index contributed by atoms with van der Waals surface area (Å²) in [5.41, 5.74) is 3.88. The van der Waals surface area contributed by atoms with Crippen molar-refractivity contribution in [1.82, 2.24) is 15.1 Å². The van der Waals surface area contributed by atoms with E-state index in [1.165, 1.54) is 0 Å². The number of rotatable bonds is 3. The maximum atomic E-state index is 12.4. The van der Waals surface area contributed by atoms with E-state index in [0.29, 0.717) is 36.3 Å². The zero-order chi connectivity index (χ0) is 19.1. The van der Waals surface area contributed by atoms with Gasteiger partial charge in [-0.15, -0.1) is 0 Å². The van der Waals surface area contributed by atoms with Gasteiger partial charge < -0.3 is 19.6 Å². The second-order valence-corrected chi connectivity index (χ2v) is 6.82. The average Bonchev–Trinajstić information content (AvgIpc) is 3.10. The van der Waals surface area contributed by atoms with E-state index in [9.17, 15) is 14.7 Å². The first-order valence-corrected chi connectivity index (χ1v) is 9.08. The van der Waals surface area contributed by atoms with Crippen molar-refractivity contribution in [1.29, 1.82) is 0 Å². The minimum absolute atomic E-state index is 0.00331. The molecule has 8 heteroatoms. The number of nitrogens with one attached hydrogen (secondary N) is 1. The highest BCUT2D eigenvalue weighted by Gasteiger charge is 2.33. The third-order valence-electron chi connectivity index (χ3n) is 5.24. The number of benzene rings is 1. The van der Waals surface area contributed by atoms with Gasteiger partial charge in [-0.1, -0.05) is 6.07 Å². The normalized spacial score (nSPS) is 18.9. The largest absolute Gasteiger partial charge is 0.461 e. The molecule has 27 heavy (non-hydrogen) atoms. The number of amides is 1. The van der Waals surface area contributed by atoms with Crippen LogP contribution in [0.2, 0.25) is 0 Å². The molecule has 0 bridgehead atoms. The van der Waals surface area contributed by atoms with Crippen LogP contribution in [-0.2, 0) is 17.6 Å². The molecular formula is C19H22N4O4. The van der Waals surface area contributed by atoms with Crippen molar-refractivity contribution < 1.29 is 19.4 Å². The lowest BCUT2D eigenvalue weighted by atomic mass is 9.97. The van der Waals surface area contributed by atoms with Crippen molar-refractivity contribution in [2.75, 3.05) is 31.6 Å². The molecular weight excluding hydrogens is 348 g/mol. The fourth-order valence-electron chi connectivity index (χ4n) is 3.75. The van der Waals surface area contributed by atoms with E-state index in [1.807, 2.05) is 18.2 Å². The molecule has 142 valence electrons. The number of esters is 1. The van der Waals surface area contributed by atoms with Crippen LogP contribution >= 0.6 is 0 Å². The quantitative estimate of drug-likeness (QED) is 0.790. The number of hydrogen-bond donors (Lipinski definition) is 2. The Morgan fingerprint density at radius 1 is 1.37 bits per heavy atom. The van der Waals surface area contributed by atoms with E-state index in [0.717, 1.165) is 17.7 Å². The van der Waals surface area contributed by atoms with E-state index in [4.69, 9.17) is 4.74 Å². The lowest BCUT2D eigenvalue weighted by Gasteiger charge is -2.35. The van der Waals surface area contributed by atoms with Crippen molar-refractivity contribution in [2.24, 2.45) is 0 Å². The lowest BCUT2D eigenvalue weighted by molar-refractivity contribution is 0.0517. The highest BCUT2D eigenvalue weighted by molar-refractivity contribution is 5.97. The molecule has 0 saturated carbocycles. The zero-order valence-corrected chi connectivity index (χ0v) is 15.4. The fourth-order valence-corrected chi connectivity index (χ4v) is 3.75. The molecule has 1 atom stereocenters. The van der Waals surface area contributed by atoms with Crippen LogP contribution in [0, 0.1) is 0 Å². The van der Waals surface area contributed by atoms with Crippen LogP contribution in [0.5, 0.6) is 0 Å². The summed E-state index contributed by atoms with van der Waals surface area (Å²) < 4.78 is 5.02. The number of carbonyl (C=O) groups excluding carboxylic acids is 2. The molecule has 1 aromatic heterocycles. The molecule has 4 rings (SSSR count). The summed E-state index contributed by atoms with van der Waals surface area (Å²) in [7, 11) is 1.79. The van der Waals surface area contributed by atoms with Gasteiger partial charge in [0.2, 0.25) is 0 Å². The molecule has 0 radical (unpaired) electrons. The first-order chi connectivity index (χ1) is 13.0. The van der Waals surface area contributed by atoms with Gasteiger partial charge in [0.15, 0.2) is 11.9 Å². The molecule has 0 fully saturated rings. The molecule has 0 spiro atoms. The maximum Gasteiger partial charge on any atom is 0.359 e. The molecule has 3 heterocycles. The van der Waals surface area contributed by atoms with Crippen LogP contribution < -0.4 is 4.90 Å². The number of likely N-dealkylation sites (N-methyl/N-ethyl adjacent to an activating group) is 1. The Labute approximate surface area is 156 Å². The van der Waals surface area contributed by atoms with Crippen molar-refractivity contribution in [3.05, 3.63) is 46.3 Å². The summed E-state index contributed by atoms with van der Waals surface area (Å²) >= 11 is 0. The van der Waals surface area contributed by atoms with Gasteiger partial charge in [0, 0.05) is 37.0 Å². The molecule has 2 N–H and O–H groups in total. The number of aromatic nitrogens is 2. The second-order valence-electron chi connectivity index (χ2n) is 6.82. The van der Waals surface area contributed by atoms with Gasteiger partial charge in [0.1, 0.15) is 0 Å². The number of fused-ring (bicyclic) bond motifs is 2. The Morgan fingerprint density at radius 3 is 2.96 bits per heavy atom. The van der Waals surface area contributed by atoms with Gasteiger partial charge in [0.25, 0.3) is 5.91 Å². The second kappa shape index (κ2) is 6.70. The standard InChI is InChI=1S/C19H22N4O4/c1-3-27-19(26)16-13-7-9-23(18(25)15(13)20-21-16)12-5-4-11-6-8-22(2)17(24)14(11)10-12/h4-5,10,18,25H,3,6-9H2,1-2H3,(H,20,21). The molecule has 1 aromatic carbocycles. The Bertz CT molecular complexity index is 907. The Balaban J connectivity index is 1.64. The third kappa shape index (κ3) is 2.86. The van der Waals surface area contributed by atoms with Crippen LogP contribution in [-0.4, -0.2) is 58.8 Å². The molecule has 1 unspecified atom stereocenters. The molecule has 8 nitrogen and oxygen atoms in total. The van der Waals surface area contributed by atoms with E-state index < -0.39 is 12.2 Å². The van der Waals surface area contributed by atoms with Crippen LogP contribution in [0.4, 0.5) is 5.69 Å². The van der Waals surface area contributed by atoms with Gasteiger partial charge in [0.05, 0.1) is 12.3 Å². The number of carbonyl (C=O) groups is 2. The molecule has 1 amide bonds. The first-order valence-electron chi connectivity index (χ1n) is 9.08. The SMILES string of the molecule is CCOC(=O)c1n[nH]c2c1CCN(c1ccc3c(c1)C(=O)N(C)CC3)C2O. The number of aromatic amines is 1. The monoisotopic (exact) mass is 370 g/mol. The minimum atomic E-state index is -0.973. The van der Waals surface area contributed by atoms with E-state index in [1.54, 1.807) is 23.8 Å². The lowest BCUT2D eigenvalue weighted by Crippen LogP contribution is -2.37. The zero-order valence-electron chi connectivity index (χ0n) is 15.4. The Hall–Kier alpha value is -2.87. The number of hydrogen-bond acceptors (Lipinski definition) is 6. The van der Waals surface area contributed by atoms with Crippen LogP contribution in [0.1, 0.15) is 50.8 Å². The topological polar surface area (TPSA) is 98.8 Å². The van der Waals surface area contributed by atoms with Crippen LogP contribution in [0.25, 0.3) is 0 Å². The van der Waals surface area contributed by atoms with E-state index in [2.05, 4.69) is 10.2 Å². The van der Waals surface area contributed by atoms with Gasteiger partial charge in [-0.2, -0.15) is 5.10 Å². The van der Waals surface area contributed by atoms with Gasteiger partial charge >= 0.3 is 5.97 Å². The Kier molecular flexibility index (Phi) is 4.35. The highest BCUT2D eigenvalue weighted by Crippen LogP contribution is 2.34. The summed E-state index contributed by atoms with van der Waals surface area (Å²) in [4.78, 5) is 28.0. The Morgan fingerprint density at radius 2 is 2.19 bits per heavy atom. The number of aliphatic hydroxyl groups is 1. The van der Waals surface area contributed by atoms with Crippen molar-refractivity contribution in [2.45, 2.75) is 26.0 Å². The minimum Gasteiger partial charge on any atom is -0.461 e. The third-order valence-corrected chi connectivity index (χ3v) is 5.24. The van der Waals surface area contributed by atoms with Crippen LogP contribution in [0.15, 0.2) is 18.2 Å². The summed E-state index contributed by atoms with van der Waals surface area (Å²) in [6, 6.07) is 5.72. The molecule has 0 aliphatic carbocycles. The van der Waals surface area contributed by atoms with Crippen molar-refractivity contribution in [3.63, 3.8) is 0 Å². The van der Waals surface area contributed by atoms with Gasteiger partial charge in [-0.25, -0.2) is 4.79 Å².